The van der Waals surface area contributed by atoms with Gasteiger partial charge in [-0.2, -0.15) is 0 Å². The van der Waals surface area contributed by atoms with Crippen LogP contribution in [-0.2, 0) is 22.5 Å². The van der Waals surface area contributed by atoms with E-state index in [0.717, 1.165) is 89.5 Å². The minimum atomic E-state index is 0. The first-order valence-electron chi connectivity index (χ1n) is 16.1. The van der Waals surface area contributed by atoms with Crippen LogP contribution in [0.15, 0.2) is 196 Å². The van der Waals surface area contributed by atoms with Crippen molar-refractivity contribution in [1.29, 1.82) is 0 Å². The predicted molar refractivity (Wildman–Crippen MR) is 197 cm³/mol. The van der Waals surface area contributed by atoms with Crippen molar-refractivity contribution in [2.24, 2.45) is 15.0 Å². The third-order valence-electron chi connectivity index (χ3n) is 8.86. The van der Waals surface area contributed by atoms with Crippen molar-refractivity contribution < 1.29 is 22.5 Å². The van der Waals surface area contributed by atoms with Gasteiger partial charge in [-0.1, -0.05) is 133 Å². The molecule has 5 aromatic rings. The molecule has 1 radical (unpaired) electrons. The molecule has 50 heavy (non-hydrogen) atoms. The Morgan fingerprint density at radius 2 is 0.780 bits per heavy atom. The van der Waals surface area contributed by atoms with E-state index in [1.54, 1.807) is 0 Å². The molecular formula is C44H28FeN4O+. The van der Waals surface area contributed by atoms with Gasteiger partial charge in [0.2, 0.25) is 0 Å². The molecule has 5 heterocycles. The number of benzene rings is 4. The molecule has 0 saturated heterocycles. The first-order valence-corrected chi connectivity index (χ1v) is 16.1. The van der Waals surface area contributed by atoms with Gasteiger partial charge in [-0.15, -0.1) is 10.7 Å². The summed E-state index contributed by atoms with van der Waals surface area (Å²) in [6, 6.07) is 45.8. The molecule has 237 valence electrons. The van der Waals surface area contributed by atoms with Crippen LogP contribution in [0.4, 0.5) is 0 Å². The summed E-state index contributed by atoms with van der Waals surface area (Å²) in [4.78, 5) is 21.2. The van der Waals surface area contributed by atoms with Crippen LogP contribution in [0, 0.1) is 6.42 Å². The Balaban J connectivity index is 0.00000196. The van der Waals surface area contributed by atoms with Crippen LogP contribution < -0.4 is 15.7 Å². The van der Waals surface area contributed by atoms with Gasteiger partial charge in [-0.3, -0.25) is 4.99 Å². The van der Waals surface area contributed by atoms with Crippen LogP contribution in [0.3, 0.4) is 0 Å². The fourth-order valence-corrected chi connectivity index (χ4v) is 6.69. The molecule has 1 aromatic heterocycles. The van der Waals surface area contributed by atoms with E-state index in [4.69, 9.17) is 20.0 Å². The van der Waals surface area contributed by atoms with E-state index in [1.165, 1.54) is 0 Å². The fraction of sp³-hybridized carbons (Fsp3) is 0. The number of hydrogen-bond donors (Lipinski definition) is 0. The van der Waals surface area contributed by atoms with Crippen LogP contribution in [0.2, 0.25) is 0 Å². The molecule has 4 aliphatic heterocycles. The Labute approximate surface area is 301 Å². The molecule has 0 aliphatic carbocycles. The van der Waals surface area contributed by atoms with Crippen LogP contribution in [0.1, 0.15) is 22.3 Å². The molecule has 9 rings (SSSR count). The van der Waals surface area contributed by atoms with Crippen molar-refractivity contribution in [2.75, 3.05) is 0 Å². The Morgan fingerprint density at radius 3 is 1.28 bits per heavy atom. The monoisotopic (exact) mass is 684 g/mol. The second kappa shape index (κ2) is 13.9. The number of fused-ring (bicyclic) bond motifs is 5. The zero-order valence-corrected chi connectivity index (χ0v) is 27.8. The summed E-state index contributed by atoms with van der Waals surface area (Å²) in [7, 11) is 0. The molecular weight excluding hydrogens is 656 g/mol. The quantitative estimate of drug-likeness (QED) is 0.183. The fourth-order valence-electron chi connectivity index (χ4n) is 6.69. The Morgan fingerprint density at radius 1 is 0.380 bits per heavy atom. The van der Waals surface area contributed by atoms with Gasteiger partial charge in [-0.25, -0.2) is 9.98 Å². The van der Waals surface area contributed by atoms with Gasteiger partial charge in [0.1, 0.15) is 0 Å². The van der Waals surface area contributed by atoms with Gasteiger partial charge in [-0.05, 0) is 63.8 Å². The van der Waals surface area contributed by atoms with E-state index in [1.807, 2.05) is 24.3 Å². The summed E-state index contributed by atoms with van der Waals surface area (Å²) in [5, 5.41) is 1.72. The van der Waals surface area contributed by atoms with Crippen LogP contribution >= 0.6 is 0 Å². The molecule has 4 aliphatic rings. The maximum atomic E-state index is 5.31. The average molecular weight is 685 g/mol. The first kappa shape index (κ1) is 32.6. The molecule has 5 nitrogen and oxygen atoms in total. The third-order valence-corrected chi connectivity index (χ3v) is 8.86. The molecule has 0 saturated carbocycles. The van der Waals surface area contributed by atoms with Crippen molar-refractivity contribution in [1.82, 2.24) is 4.98 Å². The maximum Gasteiger partial charge on any atom is 4.00 e. The van der Waals surface area contributed by atoms with Gasteiger partial charge in [0, 0.05) is 17.6 Å². The van der Waals surface area contributed by atoms with Gasteiger partial charge in [0.25, 0.3) is 0 Å². The maximum absolute atomic E-state index is 5.31. The summed E-state index contributed by atoms with van der Waals surface area (Å²) in [5.74, 6) is 0. The summed E-state index contributed by atoms with van der Waals surface area (Å²) in [6.45, 7) is 0. The van der Waals surface area contributed by atoms with Gasteiger partial charge in [0.05, 0.1) is 34.2 Å². The summed E-state index contributed by atoms with van der Waals surface area (Å²) in [5.41, 5.74) is 13.3. The first-order chi connectivity index (χ1) is 23.8. The number of aliphatic imine (C=N–C) groups is 3. The van der Waals surface area contributed by atoms with Crippen LogP contribution in [0.25, 0.3) is 22.3 Å². The van der Waals surface area contributed by atoms with E-state index in [-0.39, 0.29) is 22.5 Å². The van der Waals surface area contributed by atoms with Gasteiger partial charge >= 0.3 is 17.1 Å². The molecule has 0 unspecified atom stereocenters. The van der Waals surface area contributed by atoms with Gasteiger partial charge < -0.3 is 10.5 Å². The van der Waals surface area contributed by atoms with Gasteiger partial charge in [0.15, 0.2) is 0 Å². The molecule has 0 atom stereocenters. The Bertz CT molecular complexity index is 2480. The molecule has 0 amide bonds. The Hall–Kier alpha value is -5.91. The molecule has 4 aromatic carbocycles. The minimum absolute atomic E-state index is 0. The number of rotatable bonds is 4. The van der Waals surface area contributed by atoms with E-state index in [0.29, 0.717) is 0 Å². The second-order valence-electron chi connectivity index (χ2n) is 11.8. The number of allylic oxidation sites excluding steroid dienone is 8. The van der Waals surface area contributed by atoms with Crippen molar-refractivity contribution in [3.05, 3.63) is 220 Å². The third kappa shape index (κ3) is 5.86. The van der Waals surface area contributed by atoms with E-state index in [9.17, 15) is 0 Å². The standard InChI is InChI=1S/C44H28N4.Fe.O/c1-5-13-29(14-6-1)41-33-21-23-35(45-33)42(30-15-7-2-8-16-30)37-25-27-39(47-37)44(32-19-11-4-12-20-32)40-28-26-38(48-40)43(31-17-9-3-10-18-31)36-24-22-34(41)46-36;;/h1-28H;;/q-1;+4;-2. The summed E-state index contributed by atoms with van der Waals surface area (Å²) in [6.07, 6.45) is 12.6. The number of hydrogen-bond acceptors (Lipinski definition) is 3. The molecule has 0 fully saturated rings. The van der Waals surface area contributed by atoms with Crippen molar-refractivity contribution in [3.8, 4) is 0 Å². The zero-order chi connectivity index (χ0) is 31.9. The van der Waals surface area contributed by atoms with Crippen molar-refractivity contribution >= 4 is 39.4 Å². The molecule has 6 heteroatoms. The smallest absolute Gasteiger partial charge is 2.00 e. The van der Waals surface area contributed by atoms with E-state index < -0.39 is 0 Å². The SMILES string of the molecule is [CH]1C=C2N=C1C(c1ccccc1)=C1C=CC(=N1)C(c1ccccc1)=C1C=CC(=N1)C(c1ccccc1)=c1ccc([n-]1)=C2c1ccccc1.[Fe+4].[O-2]. The van der Waals surface area contributed by atoms with E-state index in [2.05, 4.69) is 146 Å². The topological polar surface area (TPSA) is 79.7 Å². The largest absolute Gasteiger partial charge is 4.00 e. The van der Waals surface area contributed by atoms with Crippen molar-refractivity contribution in [3.63, 3.8) is 0 Å². The summed E-state index contributed by atoms with van der Waals surface area (Å²) >= 11 is 0. The predicted octanol–water partition coefficient (Wildman–Crippen LogP) is 7.32. The van der Waals surface area contributed by atoms with Crippen LogP contribution in [-0.4, -0.2) is 17.1 Å². The van der Waals surface area contributed by atoms with Crippen LogP contribution in [0.5, 0.6) is 0 Å². The number of nitrogens with zero attached hydrogens (tertiary/aromatic N) is 4. The average Bonchev–Trinajstić information content (AvgIpc) is 3.98. The second-order valence-corrected chi connectivity index (χ2v) is 11.8. The normalized spacial score (nSPS) is 16.1. The molecule has 0 spiro atoms. The molecule has 0 N–H and O–H groups in total. The Kier molecular flexibility index (Phi) is 9.07. The van der Waals surface area contributed by atoms with Crippen molar-refractivity contribution in [2.45, 2.75) is 0 Å². The number of aromatic nitrogens is 1. The minimum Gasteiger partial charge on any atom is -2.00 e. The van der Waals surface area contributed by atoms with E-state index >= 15 is 0 Å². The summed E-state index contributed by atoms with van der Waals surface area (Å²) < 4.78 is 0. The zero-order valence-electron chi connectivity index (χ0n) is 26.7. The molecule has 8 bridgehead atoms.